The third kappa shape index (κ3) is 4.70. The van der Waals surface area contributed by atoms with Gasteiger partial charge >= 0.3 is 0 Å². The zero-order valence-corrected chi connectivity index (χ0v) is 18.4. The van der Waals surface area contributed by atoms with Crippen LogP contribution in [-0.4, -0.2) is 26.1 Å². The van der Waals surface area contributed by atoms with Crippen molar-refractivity contribution in [2.75, 3.05) is 5.75 Å². The van der Waals surface area contributed by atoms with Crippen LogP contribution in [0.5, 0.6) is 0 Å². The molecule has 0 fully saturated rings. The number of aromatic amines is 1. The lowest BCUT2D eigenvalue weighted by molar-refractivity contribution is 0.102. The smallest absolute Gasteiger partial charge is 0.251 e. The molecule has 1 aromatic carbocycles. The second-order valence-electron chi connectivity index (χ2n) is 7.39. The lowest BCUT2D eigenvalue weighted by Crippen LogP contribution is -2.11. The molecule has 29 heavy (non-hydrogen) atoms. The normalized spacial score (nSPS) is 11.1. The third-order valence-corrected chi connectivity index (χ3v) is 5.97. The molecule has 0 spiro atoms. The number of aromatic nitrogens is 3. The first kappa shape index (κ1) is 21.1. The number of hydrogen-bond donors (Lipinski definition) is 1. The Kier molecular flexibility index (Phi) is 6.42. The largest absolute Gasteiger partial charge is 0.318 e. The molecule has 0 aliphatic carbocycles. The molecular formula is C23H27N3O2S. The molecule has 0 aliphatic heterocycles. The van der Waals surface area contributed by atoms with Gasteiger partial charge in [0, 0.05) is 34.4 Å². The van der Waals surface area contributed by atoms with E-state index in [0.29, 0.717) is 10.7 Å². The molecule has 0 atom stereocenters. The minimum Gasteiger partial charge on any atom is -0.318 e. The van der Waals surface area contributed by atoms with Crippen molar-refractivity contribution in [1.82, 2.24) is 14.5 Å². The second-order valence-corrected chi connectivity index (χ2v) is 8.36. The predicted octanol–water partition coefficient (Wildman–Crippen LogP) is 4.72. The van der Waals surface area contributed by atoms with Crippen LogP contribution in [0, 0.1) is 27.7 Å². The maximum absolute atomic E-state index is 12.9. The highest BCUT2D eigenvalue weighted by Gasteiger charge is 2.17. The summed E-state index contributed by atoms with van der Waals surface area (Å²) >= 11 is 1.28. The monoisotopic (exact) mass is 409 g/mol. The van der Waals surface area contributed by atoms with Crippen LogP contribution < -0.4 is 5.56 Å². The maximum Gasteiger partial charge on any atom is 0.251 e. The first-order chi connectivity index (χ1) is 13.8. The fourth-order valence-electron chi connectivity index (χ4n) is 3.45. The third-order valence-electron chi connectivity index (χ3n) is 5.10. The molecule has 3 aromatic rings. The Morgan fingerprint density at radius 3 is 2.55 bits per heavy atom. The van der Waals surface area contributed by atoms with Crippen LogP contribution in [-0.2, 0) is 6.42 Å². The van der Waals surface area contributed by atoms with Gasteiger partial charge in [-0.25, -0.2) is 4.98 Å². The highest BCUT2D eigenvalue weighted by Crippen LogP contribution is 2.24. The average molecular weight is 410 g/mol. The number of ketones is 1. The molecular weight excluding hydrogens is 382 g/mol. The van der Waals surface area contributed by atoms with Crippen molar-refractivity contribution in [3.05, 3.63) is 74.5 Å². The second kappa shape index (κ2) is 8.82. The van der Waals surface area contributed by atoms with E-state index in [-0.39, 0.29) is 17.1 Å². The highest BCUT2D eigenvalue weighted by atomic mass is 32.2. The Balaban J connectivity index is 1.82. The van der Waals surface area contributed by atoms with Gasteiger partial charge in [-0.05, 0) is 63.4 Å². The number of carbonyl (C=O) groups excluding carboxylic acids is 1. The van der Waals surface area contributed by atoms with Crippen LogP contribution in [0.3, 0.4) is 0 Å². The van der Waals surface area contributed by atoms with E-state index in [1.165, 1.54) is 29.0 Å². The van der Waals surface area contributed by atoms with Gasteiger partial charge in [0.05, 0.1) is 5.75 Å². The Bertz CT molecular complexity index is 1110. The molecule has 2 heterocycles. The van der Waals surface area contributed by atoms with E-state index in [1.807, 2.05) is 26.8 Å². The summed E-state index contributed by atoms with van der Waals surface area (Å²) in [5, 5.41) is 0.497. The van der Waals surface area contributed by atoms with Crippen LogP contribution in [0.2, 0.25) is 0 Å². The fourth-order valence-corrected chi connectivity index (χ4v) is 4.23. The van der Waals surface area contributed by atoms with Gasteiger partial charge in [0.1, 0.15) is 0 Å². The summed E-state index contributed by atoms with van der Waals surface area (Å²) in [7, 11) is 0. The van der Waals surface area contributed by atoms with E-state index in [1.54, 1.807) is 0 Å². The lowest BCUT2D eigenvalue weighted by Gasteiger charge is -2.12. The van der Waals surface area contributed by atoms with Crippen molar-refractivity contribution in [2.24, 2.45) is 0 Å². The first-order valence-corrected chi connectivity index (χ1v) is 10.8. The van der Waals surface area contributed by atoms with Gasteiger partial charge in [0.2, 0.25) is 0 Å². The van der Waals surface area contributed by atoms with Gasteiger partial charge in [0.15, 0.2) is 10.9 Å². The summed E-state index contributed by atoms with van der Waals surface area (Å²) in [5.41, 5.74) is 6.78. The van der Waals surface area contributed by atoms with Gasteiger partial charge in [-0.2, -0.15) is 0 Å². The minimum atomic E-state index is -0.175. The number of nitrogens with one attached hydrogen (secondary N) is 1. The molecule has 3 rings (SSSR count). The number of carbonyl (C=O) groups is 1. The highest BCUT2D eigenvalue weighted by molar-refractivity contribution is 7.99. The Labute approximate surface area is 175 Å². The maximum atomic E-state index is 12.9. The zero-order valence-electron chi connectivity index (χ0n) is 17.6. The Morgan fingerprint density at radius 1 is 1.10 bits per heavy atom. The number of benzene rings is 1. The van der Waals surface area contributed by atoms with Crippen LogP contribution in [0.1, 0.15) is 51.9 Å². The van der Waals surface area contributed by atoms with Crippen molar-refractivity contribution >= 4 is 17.5 Å². The fraction of sp³-hybridized carbons (Fsp3) is 0.348. The number of hydrogen-bond acceptors (Lipinski definition) is 4. The summed E-state index contributed by atoms with van der Waals surface area (Å²) in [5.74, 6) is 0.261. The molecule has 0 radical (unpaired) electrons. The summed E-state index contributed by atoms with van der Waals surface area (Å²) < 4.78 is 2.12. The van der Waals surface area contributed by atoms with E-state index in [9.17, 15) is 9.59 Å². The summed E-state index contributed by atoms with van der Waals surface area (Å²) in [4.78, 5) is 31.9. The van der Waals surface area contributed by atoms with Gasteiger partial charge in [-0.1, -0.05) is 31.2 Å². The Hall–Kier alpha value is -2.60. The van der Waals surface area contributed by atoms with E-state index >= 15 is 0 Å². The topological polar surface area (TPSA) is 67.8 Å². The summed E-state index contributed by atoms with van der Waals surface area (Å²) in [6, 6.07) is 9.79. The lowest BCUT2D eigenvalue weighted by atomic mass is 10.1. The molecule has 0 saturated carbocycles. The molecule has 0 unspecified atom stereocenters. The van der Waals surface area contributed by atoms with Gasteiger partial charge < -0.3 is 9.55 Å². The van der Waals surface area contributed by atoms with Gasteiger partial charge in [0.25, 0.3) is 5.56 Å². The zero-order chi connectivity index (χ0) is 21.1. The van der Waals surface area contributed by atoms with Crippen molar-refractivity contribution in [3.8, 4) is 5.69 Å². The van der Waals surface area contributed by atoms with Crippen LogP contribution in [0.25, 0.3) is 5.69 Å². The van der Waals surface area contributed by atoms with E-state index in [4.69, 9.17) is 0 Å². The van der Waals surface area contributed by atoms with Crippen molar-refractivity contribution < 1.29 is 4.79 Å². The number of Topliss-reactive ketones (excluding diaryl/α,β-unsaturated/α-hetero) is 1. The predicted molar refractivity (Wildman–Crippen MR) is 119 cm³/mol. The van der Waals surface area contributed by atoms with Crippen molar-refractivity contribution in [2.45, 2.75) is 52.6 Å². The van der Waals surface area contributed by atoms with Gasteiger partial charge in [-0.15, -0.1) is 0 Å². The SMILES string of the molecule is CCCc1cc(=O)[nH]c(SCC(=O)c2cc(C)n(-c3ccc(C)c(C)c3)c2C)n1. The standard InChI is InChI=1S/C23H27N3O2S/c1-6-7-18-12-22(28)25-23(24-18)29-13-21(27)20-11-16(4)26(17(20)5)19-9-8-14(2)15(3)10-19/h8-12H,6-7,13H2,1-5H3,(H,24,25,28). The van der Waals surface area contributed by atoms with Crippen molar-refractivity contribution in [3.63, 3.8) is 0 Å². The molecule has 6 heteroatoms. The molecule has 0 amide bonds. The van der Waals surface area contributed by atoms with Crippen molar-refractivity contribution in [1.29, 1.82) is 0 Å². The molecule has 2 aromatic heterocycles. The number of thioether (sulfide) groups is 1. The van der Waals surface area contributed by atoms with E-state index in [2.05, 4.69) is 46.6 Å². The molecule has 0 aliphatic rings. The number of H-pyrrole nitrogens is 1. The number of rotatable bonds is 7. The molecule has 0 saturated heterocycles. The van der Waals surface area contributed by atoms with Gasteiger partial charge in [-0.3, -0.25) is 9.59 Å². The number of aryl methyl sites for hydroxylation is 4. The van der Waals surface area contributed by atoms with E-state index < -0.39 is 0 Å². The Morgan fingerprint density at radius 2 is 1.86 bits per heavy atom. The quantitative estimate of drug-likeness (QED) is 0.348. The first-order valence-electron chi connectivity index (χ1n) is 9.83. The van der Waals surface area contributed by atoms with Crippen LogP contribution in [0.15, 0.2) is 40.3 Å². The summed E-state index contributed by atoms with van der Waals surface area (Å²) in [6.45, 7) is 10.2. The minimum absolute atomic E-state index is 0.0294. The molecule has 5 nitrogen and oxygen atoms in total. The average Bonchev–Trinajstić information content (AvgIpc) is 2.96. The van der Waals surface area contributed by atoms with Crippen LogP contribution in [0.4, 0.5) is 0 Å². The van der Waals surface area contributed by atoms with Crippen LogP contribution >= 0.6 is 11.8 Å². The van der Waals surface area contributed by atoms with E-state index in [0.717, 1.165) is 35.6 Å². The summed E-state index contributed by atoms with van der Waals surface area (Å²) in [6.07, 6.45) is 1.67. The number of nitrogens with zero attached hydrogens (tertiary/aromatic N) is 2. The molecule has 1 N–H and O–H groups in total. The molecule has 152 valence electrons. The molecule has 0 bridgehead atoms.